The van der Waals surface area contributed by atoms with Crippen molar-refractivity contribution in [3.8, 4) is 0 Å². The SMILES string of the molecule is CC(=O)N1CCCCCCCC(=O)NCCC1. The van der Waals surface area contributed by atoms with E-state index in [4.69, 9.17) is 0 Å². The Morgan fingerprint density at radius 3 is 2.47 bits per heavy atom. The molecule has 0 bridgehead atoms. The zero-order valence-corrected chi connectivity index (χ0v) is 10.8. The van der Waals surface area contributed by atoms with E-state index in [-0.39, 0.29) is 11.8 Å². The molecule has 1 fully saturated rings. The molecule has 0 radical (unpaired) electrons. The van der Waals surface area contributed by atoms with Crippen LogP contribution in [0.15, 0.2) is 0 Å². The fraction of sp³-hybridized carbons (Fsp3) is 0.846. The Bertz CT molecular complexity index is 254. The first kappa shape index (κ1) is 14.0. The van der Waals surface area contributed by atoms with Crippen LogP contribution in [0.5, 0.6) is 0 Å². The summed E-state index contributed by atoms with van der Waals surface area (Å²) in [7, 11) is 0. The number of nitrogens with zero attached hydrogens (tertiary/aromatic N) is 1. The molecule has 1 heterocycles. The smallest absolute Gasteiger partial charge is 0.219 e. The van der Waals surface area contributed by atoms with Crippen LogP contribution in [0.4, 0.5) is 0 Å². The highest BCUT2D eigenvalue weighted by molar-refractivity contribution is 5.75. The fourth-order valence-electron chi connectivity index (χ4n) is 2.13. The Hall–Kier alpha value is -1.06. The molecule has 1 rings (SSSR count). The molecule has 4 nitrogen and oxygen atoms in total. The molecule has 1 saturated heterocycles. The minimum Gasteiger partial charge on any atom is -0.356 e. The normalized spacial score (nSPS) is 20.8. The molecule has 1 aliphatic rings. The van der Waals surface area contributed by atoms with Gasteiger partial charge in [0.1, 0.15) is 0 Å². The van der Waals surface area contributed by atoms with E-state index < -0.39 is 0 Å². The van der Waals surface area contributed by atoms with Crippen LogP contribution in [0, 0.1) is 0 Å². The minimum absolute atomic E-state index is 0.145. The molecular formula is C13H24N2O2. The number of carbonyl (C=O) groups excluding carboxylic acids is 2. The van der Waals surface area contributed by atoms with Crippen molar-refractivity contribution in [1.82, 2.24) is 10.2 Å². The second kappa shape index (κ2) is 8.09. The summed E-state index contributed by atoms with van der Waals surface area (Å²) in [6.45, 7) is 3.93. The second-order valence-electron chi connectivity index (χ2n) is 4.73. The first-order valence-corrected chi connectivity index (χ1v) is 6.72. The maximum absolute atomic E-state index is 11.4. The predicted molar refractivity (Wildman–Crippen MR) is 67.6 cm³/mol. The molecule has 17 heavy (non-hydrogen) atoms. The molecule has 1 N–H and O–H groups in total. The lowest BCUT2D eigenvalue weighted by molar-refractivity contribution is -0.129. The molecule has 2 amide bonds. The topological polar surface area (TPSA) is 49.4 Å². The molecule has 0 unspecified atom stereocenters. The fourth-order valence-corrected chi connectivity index (χ4v) is 2.13. The van der Waals surface area contributed by atoms with Gasteiger partial charge in [-0.25, -0.2) is 0 Å². The number of amides is 2. The highest BCUT2D eigenvalue weighted by Crippen LogP contribution is 2.07. The summed E-state index contributed by atoms with van der Waals surface area (Å²) in [5.41, 5.74) is 0. The Morgan fingerprint density at radius 1 is 1.06 bits per heavy atom. The van der Waals surface area contributed by atoms with Crippen molar-refractivity contribution >= 4 is 11.8 Å². The zero-order chi connectivity index (χ0) is 12.5. The van der Waals surface area contributed by atoms with Crippen LogP contribution in [0.2, 0.25) is 0 Å². The van der Waals surface area contributed by atoms with Crippen LogP contribution < -0.4 is 5.32 Å². The van der Waals surface area contributed by atoms with Gasteiger partial charge in [0.05, 0.1) is 0 Å². The van der Waals surface area contributed by atoms with Gasteiger partial charge in [-0.15, -0.1) is 0 Å². The van der Waals surface area contributed by atoms with Gasteiger partial charge in [0.25, 0.3) is 0 Å². The monoisotopic (exact) mass is 240 g/mol. The Balaban J connectivity index is 2.38. The van der Waals surface area contributed by atoms with Crippen LogP contribution in [0.3, 0.4) is 0 Å². The van der Waals surface area contributed by atoms with Gasteiger partial charge < -0.3 is 10.2 Å². The van der Waals surface area contributed by atoms with E-state index in [2.05, 4.69) is 5.32 Å². The van der Waals surface area contributed by atoms with Crippen LogP contribution in [0.25, 0.3) is 0 Å². The Morgan fingerprint density at radius 2 is 1.71 bits per heavy atom. The molecule has 1 aliphatic heterocycles. The van der Waals surface area contributed by atoms with Crippen molar-refractivity contribution in [1.29, 1.82) is 0 Å². The zero-order valence-electron chi connectivity index (χ0n) is 10.8. The molecular weight excluding hydrogens is 216 g/mol. The van der Waals surface area contributed by atoms with Gasteiger partial charge in [0, 0.05) is 33.0 Å². The van der Waals surface area contributed by atoms with E-state index in [0.29, 0.717) is 13.0 Å². The van der Waals surface area contributed by atoms with Gasteiger partial charge in [-0.05, 0) is 19.3 Å². The molecule has 0 aliphatic carbocycles. The highest BCUT2D eigenvalue weighted by Gasteiger charge is 2.09. The van der Waals surface area contributed by atoms with Crippen molar-refractivity contribution in [2.75, 3.05) is 19.6 Å². The highest BCUT2D eigenvalue weighted by atomic mass is 16.2. The first-order valence-electron chi connectivity index (χ1n) is 6.72. The van der Waals surface area contributed by atoms with Crippen molar-refractivity contribution in [2.24, 2.45) is 0 Å². The number of hydrogen-bond acceptors (Lipinski definition) is 2. The maximum Gasteiger partial charge on any atom is 0.219 e. The second-order valence-corrected chi connectivity index (χ2v) is 4.73. The Kier molecular flexibility index (Phi) is 6.67. The van der Waals surface area contributed by atoms with Crippen LogP contribution in [-0.4, -0.2) is 36.3 Å². The molecule has 98 valence electrons. The lowest BCUT2D eigenvalue weighted by Crippen LogP contribution is -2.33. The third kappa shape index (κ3) is 6.29. The third-order valence-electron chi connectivity index (χ3n) is 3.20. The summed E-state index contributed by atoms with van der Waals surface area (Å²) >= 11 is 0. The summed E-state index contributed by atoms with van der Waals surface area (Å²) in [5.74, 6) is 0.296. The van der Waals surface area contributed by atoms with E-state index in [1.807, 2.05) is 4.90 Å². The standard InChI is InChI=1S/C13H24N2O2/c1-12(16)15-10-6-4-2-3-5-8-13(17)14-9-7-11-15/h2-11H2,1H3,(H,14,17). The van der Waals surface area contributed by atoms with Crippen molar-refractivity contribution in [2.45, 2.75) is 51.9 Å². The van der Waals surface area contributed by atoms with E-state index in [1.54, 1.807) is 6.92 Å². The van der Waals surface area contributed by atoms with Crippen molar-refractivity contribution < 1.29 is 9.59 Å². The summed E-state index contributed by atoms with van der Waals surface area (Å²) in [5, 5.41) is 2.90. The first-order chi connectivity index (χ1) is 8.20. The summed E-state index contributed by atoms with van der Waals surface area (Å²) in [4.78, 5) is 24.7. The third-order valence-corrected chi connectivity index (χ3v) is 3.20. The largest absolute Gasteiger partial charge is 0.356 e. The van der Waals surface area contributed by atoms with Gasteiger partial charge in [0.15, 0.2) is 0 Å². The van der Waals surface area contributed by atoms with Gasteiger partial charge in [-0.3, -0.25) is 9.59 Å². The van der Waals surface area contributed by atoms with Crippen LogP contribution in [-0.2, 0) is 9.59 Å². The number of nitrogens with one attached hydrogen (secondary N) is 1. The van der Waals surface area contributed by atoms with E-state index in [1.165, 1.54) is 6.42 Å². The van der Waals surface area contributed by atoms with Gasteiger partial charge >= 0.3 is 0 Å². The van der Waals surface area contributed by atoms with Gasteiger partial charge in [-0.1, -0.05) is 19.3 Å². The molecule has 0 saturated carbocycles. The van der Waals surface area contributed by atoms with E-state index in [0.717, 1.165) is 45.2 Å². The quantitative estimate of drug-likeness (QED) is 0.700. The Labute approximate surface area is 104 Å². The average molecular weight is 240 g/mol. The number of hydrogen-bond donors (Lipinski definition) is 1. The summed E-state index contributed by atoms with van der Waals surface area (Å²) in [6.07, 6.45) is 7.02. The molecule has 0 aromatic rings. The number of carbonyl (C=O) groups is 2. The van der Waals surface area contributed by atoms with Gasteiger partial charge in [-0.2, -0.15) is 0 Å². The van der Waals surface area contributed by atoms with Gasteiger partial charge in [0.2, 0.25) is 11.8 Å². The van der Waals surface area contributed by atoms with E-state index in [9.17, 15) is 9.59 Å². The van der Waals surface area contributed by atoms with Crippen molar-refractivity contribution in [3.05, 3.63) is 0 Å². The molecule has 0 spiro atoms. The molecule has 0 aromatic heterocycles. The minimum atomic E-state index is 0.145. The summed E-state index contributed by atoms with van der Waals surface area (Å²) in [6, 6.07) is 0. The molecule has 0 aromatic carbocycles. The predicted octanol–water partition coefficient (Wildman–Crippen LogP) is 1.70. The average Bonchev–Trinajstić information content (AvgIpc) is 2.30. The van der Waals surface area contributed by atoms with Crippen LogP contribution in [0.1, 0.15) is 51.9 Å². The maximum atomic E-state index is 11.4. The summed E-state index contributed by atoms with van der Waals surface area (Å²) < 4.78 is 0. The molecule has 4 heteroatoms. The lowest BCUT2D eigenvalue weighted by atomic mass is 10.1. The molecule has 0 atom stereocenters. The number of rotatable bonds is 0. The van der Waals surface area contributed by atoms with E-state index >= 15 is 0 Å². The lowest BCUT2D eigenvalue weighted by Gasteiger charge is -2.20. The van der Waals surface area contributed by atoms with Crippen molar-refractivity contribution in [3.63, 3.8) is 0 Å². The van der Waals surface area contributed by atoms with Crippen LogP contribution >= 0.6 is 0 Å².